The van der Waals surface area contributed by atoms with Crippen LogP contribution in [0, 0.1) is 18.6 Å². The average Bonchev–Trinajstić information content (AvgIpc) is 2.86. The number of amides is 1. The lowest BCUT2D eigenvalue weighted by atomic mass is 10.1. The van der Waals surface area contributed by atoms with E-state index in [4.69, 9.17) is 4.74 Å². The lowest BCUT2D eigenvalue weighted by molar-refractivity contribution is 0.0847. The van der Waals surface area contributed by atoms with Crippen molar-refractivity contribution in [1.29, 1.82) is 0 Å². The number of hydrogen-bond donors (Lipinski definition) is 1. The number of hydrogen-bond acceptors (Lipinski definition) is 2. The predicted octanol–water partition coefficient (Wildman–Crippen LogP) is 2.96. The first-order chi connectivity index (χ1) is 9.47. The van der Waals surface area contributed by atoms with Gasteiger partial charge >= 0.3 is 0 Å². The van der Waals surface area contributed by atoms with Crippen LogP contribution in [0.25, 0.3) is 0 Å². The van der Waals surface area contributed by atoms with Gasteiger partial charge in [-0.15, -0.1) is 0 Å². The summed E-state index contributed by atoms with van der Waals surface area (Å²) in [5, 5.41) is 2.73. The number of carbonyl (C=O) groups excluding carboxylic acids is 1. The highest BCUT2D eigenvalue weighted by Crippen LogP contribution is 2.18. The van der Waals surface area contributed by atoms with Crippen LogP contribution in [0.1, 0.15) is 42.1 Å². The molecule has 1 aromatic rings. The molecular formula is C15H19F2NO2. The number of ether oxygens (including phenoxy) is 1. The van der Waals surface area contributed by atoms with Crippen LogP contribution < -0.4 is 5.32 Å². The van der Waals surface area contributed by atoms with Gasteiger partial charge in [0.25, 0.3) is 5.91 Å². The molecule has 1 amide bonds. The van der Waals surface area contributed by atoms with E-state index in [9.17, 15) is 13.6 Å². The van der Waals surface area contributed by atoms with Gasteiger partial charge in [-0.05, 0) is 44.7 Å². The lowest BCUT2D eigenvalue weighted by Gasteiger charge is -2.18. The van der Waals surface area contributed by atoms with Crippen LogP contribution in [0.15, 0.2) is 12.1 Å². The summed E-state index contributed by atoms with van der Waals surface area (Å²) in [5.41, 5.74) is 0.131. The molecule has 1 aliphatic rings. The highest BCUT2D eigenvalue weighted by molar-refractivity contribution is 5.94. The Morgan fingerprint density at radius 3 is 2.85 bits per heavy atom. The van der Waals surface area contributed by atoms with Gasteiger partial charge in [-0.2, -0.15) is 0 Å². The van der Waals surface area contributed by atoms with E-state index in [1.54, 1.807) is 0 Å². The lowest BCUT2D eigenvalue weighted by Crippen LogP contribution is -2.35. The zero-order valence-electron chi connectivity index (χ0n) is 11.7. The quantitative estimate of drug-likeness (QED) is 0.922. The second-order valence-electron chi connectivity index (χ2n) is 5.33. The molecule has 0 aromatic heterocycles. The third kappa shape index (κ3) is 3.54. The number of aryl methyl sites for hydroxylation is 1. The van der Waals surface area contributed by atoms with Gasteiger partial charge in [0.1, 0.15) is 11.6 Å². The Morgan fingerprint density at radius 2 is 2.20 bits per heavy atom. The summed E-state index contributed by atoms with van der Waals surface area (Å²) in [5.74, 6) is -2.00. The van der Waals surface area contributed by atoms with Crippen molar-refractivity contribution in [3.8, 4) is 0 Å². The van der Waals surface area contributed by atoms with E-state index in [0.717, 1.165) is 25.5 Å². The molecule has 20 heavy (non-hydrogen) atoms. The van der Waals surface area contributed by atoms with Gasteiger partial charge in [0, 0.05) is 18.7 Å². The molecule has 110 valence electrons. The molecule has 1 aromatic carbocycles. The largest absolute Gasteiger partial charge is 0.378 e. The number of halogens is 2. The molecule has 1 heterocycles. The molecule has 1 N–H and O–H groups in total. The first kappa shape index (κ1) is 14.9. The molecule has 0 bridgehead atoms. The molecule has 0 unspecified atom stereocenters. The van der Waals surface area contributed by atoms with Crippen LogP contribution >= 0.6 is 0 Å². The highest BCUT2D eigenvalue weighted by atomic mass is 19.1. The zero-order chi connectivity index (χ0) is 14.7. The highest BCUT2D eigenvalue weighted by Gasteiger charge is 2.21. The topological polar surface area (TPSA) is 38.3 Å². The molecule has 1 aliphatic heterocycles. The standard InChI is InChI=1S/C15H19F2NO2/c1-9-6-12(14(17)8-13(9)16)15(19)18-10(2)7-11-4-3-5-20-11/h6,8,10-11H,3-5,7H2,1-2H3,(H,18,19)/t10-,11-/m0/s1. The number of nitrogens with one attached hydrogen (secondary N) is 1. The maximum atomic E-state index is 13.6. The molecule has 0 radical (unpaired) electrons. The van der Waals surface area contributed by atoms with Crippen molar-refractivity contribution in [3.63, 3.8) is 0 Å². The number of benzene rings is 1. The van der Waals surface area contributed by atoms with Gasteiger partial charge in [-0.1, -0.05) is 0 Å². The fourth-order valence-corrected chi connectivity index (χ4v) is 2.42. The maximum Gasteiger partial charge on any atom is 0.254 e. The van der Waals surface area contributed by atoms with Crippen LogP contribution in [-0.4, -0.2) is 24.7 Å². The normalized spacial score (nSPS) is 19.9. The summed E-state index contributed by atoms with van der Waals surface area (Å²) in [6.07, 6.45) is 2.89. The van der Waals surface area contributed by atoms with Crippen LogP contribution in [-0.2, 0) is 4.74 Å². The van der Waals surface area contributed by atoms with E-state index in [1.807, 2.05) is 6.92 Å². The van der Waals surface area contributed by atoms with Gasteiger partial charge in [-0.3, -0.25) is 4.79 Å². The Bertz CT molecular complexity index is 499. The number of rotatable bonds is 4. The first-order valence-corrected chi connectivity index (χ1v) is 6.85. The summed E-state index contributed by atoms with van der Waals surface area (Å²) >= 11 is 0. The summed E-state index contributed by atoms with van der Waals surface area (Å²) in [4.78, 5) is 12.0. The van der Waals surface area contributed by atoms with E-state index in [2.05, 4.69) is 5.32 Å². The van der Waals surface area contributed by atoms with Crippen molar-refractivity contribution in [3.05, 3.63) is 34.9 Å². The molecule has 2 rings (SSSR count). The Balaban J connectivity index is 1.98. The van der Waals surface area contributed by atoms with Gasteiger partial charge in [-0.25, -0.2) is 8.78 Å². The molecule has 0 saturated carbocycles. The smallest absolute Gasteiger partial charge is 0.254 e. The Kier molecular flexibility index (Phi) is 4.70. The van der Waals surface area contributed by atoms with Crippen LogP contribution in [0.2, 0.25) is 0 Å². The van der Waals surface area contributed by atoms with E-state index in [1.165, 1.54) is 13.0 Å². The monoisotopic (exact) mass is 283 g/mol. The third-order valence-electron chi connectivity index (χ3n) is 3.51. The van der Waals surface area contributed by atoms with Gasteiger partial charge in [0.15, 0.2) is 0 Å². The second-order valence-corrected chi connectivity index (χ2v) is 5.33. The molecule has 1 saturated heterocycles. The maximum absolute atomic E-state index is 13.6. The zero-order valence-corrected chi connectivity index (χ0v) is 11.7. The van der Waals surface area contributed by atoms with Gasteiger partial charge in [0.05, 0.1) is 11.7 Å². The van der Waals surface area contributed by atoms with E-state index in [0.29, 0.717) is 6.42 Å². The van der Waals surface area contributed by atoms with E-state index >= 15 is 0 Å². The average molecular weight is 283 g/mol. The van der Waals surface area contributed by atoms with Crippen molar-refractivity contribution in [2.75, 3.05) is 6.61 Å². The molecule has 5 heteroatoms. The second kappa shape index (κ2) is 6.31. The minimum Gasteiger partial charge on any atom is -0.378 e. The molecule has 0 aliphatic carbocycles. The summed E-state index contributed by atoms with van der Waals surface area (Å²) < 4.78 is 32.3. The fraction of sp³-hybridized carbons (Fsp3) is 0.533. The molecule has 1 fully saturated rings. The van der Waals surface area contributed by atoms with E-state index < -0.39 is 17.5 Å². The van der Waals surface area contributed by atoms with Crippen molar-refractivity contribution in [1.82, 2.24) is 5.32 Å². The van der Waals surface area contributed by atoms with Crippen molar-refractivity contribution < 1.29 is 18.3 Å². The fourth-order valence-electron chi connectivity index (χ4n) is 2.42. The first-order valence-electron chi connectivity index (χ1n) is 6.85. The van der Waals surface area contributed by atoms with Crippen molar-refractivity contribution >= 4 is 5.91 Å². The molecule has 2 atom stereocenters. The van der Waals surface area contributed by atoms with Gasteiger partial charge < -0.3 is 10.1 Å². The molecule has 3 nitrogen and oxygen atoms in total. The summed E-state index contributed by atoms with van der Waals surface area (Å²) in [6.45, 7) is 4.12. The van der Waals surface area contributed by atoms with Crippen LogP contribution in [0.4, 0.5) is 8.78 Å². The van der Waals surface area contributed by atoms with Crippen LogP contribution in [0.5, 0.6) is 0 Å². The Hall–Kier alpha value is -1.49. The molecule has 0 spiro atoms. The van der Waals surface area contributed by atoms with Crippen LogP contribution in [0.3, 0.4) is 0 Å². The SMILES string of the molecule is Cc1cc(C(=O)N[C@@H](C)C[C@@H]2CCCO2)c(F)cc1F. The minimum absolute atomic E-state index is 0.115. The third-order valence-corrected chi connectivity index (χ3v) is 3.51. The predicted molar refractivity (Wildman–Crippen MR) is 71.6 cm³/mol. The van der Waals surface area contributed by atoms with Crippen molar-refractivity contribution in [2.45, 2.75) is 45.3 Å². The minimum atomic E-state index is -0.838. The van der Waals surface area contributed by atoms with E-state index in [-0.39, 0.29) is 23.3 Å². The van der Waals surface area contributed by atoms with Gasteiger partial charge in [0.2, 0.25) is 0 Å². The van der Waals surface area contributed by atoms with Crippen molar-refractivity contribution in [2.24, 2.45) is 0 Å². The number of carbonyl (C=O) groups is 1. The summed E-state index contributed by atoms with van der Waals surface area (Å²) in [6, 6.07) is 1.86. The Morgan fingerprint density at radius 1 is 1.45 bits per heavy atom. The summed E-state index contributed by atoms with van der Waals surface area (Å²) in [7, 11) is 0. The Labute approximate surface area is 117 Å². The molecular weight excluding hydrogens is 264 g/mol.